The van der Waals surface area contributed by atoms with E-state index in [-0.39, 0.29) is 5.91 Å². The van der Waals surface area contributed by atoms with Crippen LogP contribution in [-0.2, 0) is 7.05 Å². The second-order valence-electron chi connectivity index (χ2n) is 4.93. The second-order valence-corrected chi connectivity index (χ2v) is 5.79. The highest BCUT2D eigenvalue weighted by molar-refractivity contribution is 7.14. The van der Waals surface area contributed by atoms with Crippen LogP contribution in [0.2, 0.25) is 0 Å². The molecule has 0 saturated carbocycles. The van der Waals surface area contributed by atoms with Crippen LogP contribution in [0.3, 0.4) is 0 Å². The molecule has 0 aliphatic rings. The predicted molar refractivity (Wildman–Crippen MR) is 91.8 cm³/mol. The number of anilines is 1. The molecule has 0 aliphatic heterocycles. The number of ether oxygens (including phenoxy) is 2. The molecule has 0 radical (unpaired) electrons. The summed E-state index contributed by atoms with van der Waals surface area (Å²) in [6, 6.07) is 7.15. The van der Waals surface area contributed by atoms with E-state index >= 15 is 0 Å². The molecule has 2 aromatic heterocycles. The lowest BCUT2D eigenvalue weighted by atomic mass is 10.1. The van der Waals surface area contributed by atoms with E-state index in [0.29, 0.717) is 22.3 Å². The number of aryl methyl sites for hydroxylation is 1. The molecular weight excluding hydrogens is 328 g/mol. The number of rotatable bonds is 5. The molecule has 0 bridgehead atoms. The van der Waals surface area contributed by atoms with Gasteiger partial charge in [-0.15, -0.1) is 11.3 Å². The number of hydrogen-bond acceptors (Lipinski definition) is 6. The Kier molecular flexibility index (Phi) is 4.48. The van der Waals surface area contributed by atoms with Gasteiger partial charge in [0.1, 0.15) is 11.5 Å². The smallest absolute Gasteiger partial charge is 0.277 e. The van der Waals surface area contributed by atoms with Crippen molar-refractivity contribution < 1.29 is 14.3 Å². The van der Waals surface area contributed by atoms with Crippen LogP contribution in [0.4, 0.5) is 5.13 Å². The molecule has 24 heavy (non-hydrogen) atoms. The van der Waals surface area contributed by atoms with Gasteiger partial charge in [0, 0.05) is 30.3 Å². The Morgan fingerprint density at radius 1 is 1.25 bits per heavy atom. The summed E-state index contributed by atoms with van der Waals surface area (Å²) in [6.45, 7) is 0. The number of benzene rings is 1. The number of aromatic nitrogens is 3. The molecule has 2 heterocycles. The summed E-state index contributed by atoms with van der Waals surface area (Å²) in [5.41, 5.74) is 1.89. The SMILES string of the molecule is COc1ccc(-c2csc(NC(=O)c3ccn(C)n3)n2)c(OC)c1. The van der Waals surface area contributed by atoms with Crippen LogP contribution >= 0.6 is 11.3 Å². The van der Waals surface area contributed by atoms with Crippen molar-refractivity contribution >= 4 is 22.4 Å². The Labute approximate surface area is 142 Å². The van der Waals surface area contributed by atoms with Crippen molar-refractivity contribution in [2.75, 3.05) is 19.5 Å². The average molecular weight is 344 g/mol. The molecule has 0 unspecified atom stereocenters. The topological polar surface area (TPSA) is 78.3 Å². The Morgan fingerprint density at radius 2 is 2.08 bits per heavy atom. The molecule has 1 amide bonds. The van der Waals surface area contributed by atoms with Crippen molar-refractivity contribution in [2.45, 2.75) is 0 Å². The first kappa shape index (κ1) is 16.0. The Hall–Kier alpha value is -2.87. The van der Waals surface area contributed by atoms with E-state index in [1.807, 2.05) is 17.5 Å². The number of amides is 1. The van der Waals surface area contributed by atoms with Gasteiger partial charge in [0.05, 0.1) is 19.9 Å². The van der Waals surface area contributed by atoms with Gasteiger partial charge in [0.25, 0.3) is 5.91 Å². The van der Waals surface area contributed by atoms with Gasteiger partial charge in [-0.25, -0.2) is 4.98 Å². The highest BCUT2D eigenvalue weighted by Crippen LogP contribution is 2.34. The molecule has 0 fully saturated rings. The Bertz CT molecular complexity index is 872. The highest BCUT2D eigenvalue weighted by Gasteiger charge is 2.14. The first-order valence-electron chi connectivity index (χ1n) is 7.09. The highest BCUT2D eigenvalue weighted by atomic mass is 32.1. The van der Waals surface area contributed by atoms with Crippen molar-refractivity contribution in [3.63, 3.8) is 0 Å². The maximum absolute atomic E-state index is 12.1. The molecule has 0 atom stereocenters. The minimum atomic E-state index is -0.293. The molecule has 1 aromatic carbocycles. The van der Waals surface area contributed by atoms with E-state index in [0.717, 1.165) is 11.3 Å². The first-order valence-corrected chi connectivity index (χ1v) is 7.97. The van der Waals surface area contributed by atoms with E-state index in [2.05, 4.69) is 15.4 Å². The fourth-order valence-electron chi connectivity index (χ4n) is 2.16. The van der Waals surface area contributed by atoms with E-state index in [4.69, 9.17) is 9.47 Å². The number of methoxy groups -OCH3 is 2. The zero-order chi connectivity index (χ0) is 17.1. The van der Waals surface area contributed by atoms with Crippen molar-refractivity contribution in [2.24, 2.45) is 7.05 Å². The van der Waals surface area contributed by atoms with Crippen LogP contribution in [0.5, 0.6) is 11.5 Å². The quantitative estimate of drug-likeness (QED) is 0.770. The minimum absolute atomic E-state index is 0.293. The number of carbonyl (C=O) groups excluding carboxylic acids is 1. The molecule has 3 rings (SSSR count). The maximum atomic E-state index is 12.1. The molecule has 8 heteroatoms. The summed E-state index contributed by atoms with van der Waals surface area (Å²) in [7, 11) is 4.95. The summed E-state index contributed by atoms with van der Waals surface area (Å²) in [5, 5.41) is 9.17. The van der Waals surface area contributed by atoms with Gasteiger partial charge in [0.15, 0.2) is 10.8 Å². The minimum Gasteiger partial charge on any atom is -0.497 e. The van der Waals surface area contributed by atoms with Gasteiger partial charge >= 0.3 is 0 Å². The fourth-order valence-corrected chi connectivity index (χ4v) is 2.87. The predicted octanol–water partition coefficient (Wildman–Crippen LogP) is 2.81. The lowest BCUT2D eigenvalue weighted by molar-refractivity contribution is 0.102. The summed E-state index contributed by atoms with van der Waals surface area (Å²) in [5.74, 6) is 1.06. The van der Waals surface area contributed by atoms with Crippen LogP contribution in [0, 0.1) is 0 Å². The normalized spacial score (nSPS) is 10.5. The van der Waals surface area contributed by atoms with Gasteiger partial charge < -0.3 is 9.47 Å². The number of hydrogen-bond donors (Lipinski definition) is 1. The van der Waals surface area contributed by atoms with Gasteiger partial charge in [-0.05, 0) is 18.2 Å². The molecule has 7 nitrogen and oxygen atoms in total. The third-order valence-electron chi connectivity index (χ3n) is 3.36. The van der Waals surface area contributed by atoms with E-state index in [1.54, 1.807) is 44.3 Å². The number of thiazole rings is 1. The second kappa shape index (κ2) is 6.71. The summed E-state index contributed by atoms with van der Waals surface area (Å²) in [4.78, 5) is 16.6. The lowest BCUT2D eigenvalue weighted by Gasteiger charge is -2.08. The van der Waals surface area contributed by atoms with Gasteiger partial charge in [-0.2, -0.15) is 5.10 Å². The van der Waals surface area contributed by atoms with Crippen molar-refractivity contribution in [3.05, 3.63) is 41.5 Å². The first-order chi connectivity index (χ1) is 11.6. The van der Waals surface area contributed by atoms with Crippen LogP contribution in [0.15, 0.2) is 35.8 Å². The molecule has 3 aromatic rings. The molecule has 0 saturated heterocycles. The Balaban J connectivity index is 1.82. The summed E-state index contributed by atoms with van der Waals surface area (Å²) < 4.78 is 12.2. The fraction of sp³-hybridized carbons (Fsp3) is 0.188. The van der Waals surface area contributed by atoms with Crippen LogP contribution in [0.25, 0.3) is 11.3 Å². The van der Waals surface area contributed by atoms with Crippen molar-refractivity contribution in [1.82, 2.24) is 14.8 Å². The van der Waals surface area contributed by atoms with Crippen molar-refractivity contribution in [3.8, 4) is 22.8 Å². The van der Waals surface area contributed by atoms with Crippen LogP contribution in [-0.4, -0.2) is 34.9 Å². The van der Waals surface area contributed by atoms with Crippen LogP contribution in [0.1, 0.15) is 10.5 Å². The van der Waals surface area contributed by atoms with Crippen LogP contribution < -0.4 is 14.8 Å². The molecule has 0 aliphatic carbocycles. The van der Waals surface area contributed by atoms with E-state index < -0.39 is 0 Å². The summed E-state index contributed by atoms with van der Waals surface area (Å²) in [6.07, 6.45) is 1.71. The average Bonchev–Trinajstić information content (AvgIpc) is 3.23. The number of nitrogens with one attached hydrogen (secondary N) is 1. The van der Waals surface area contributed by atoms with Gasteiger partial charge in [0.2, 0.25) is 0 Å². The monoisotopic (exact) mass is 344 g/mol. The zero-order valence-corrected chi connectivity index (χ0v) is 14.3. The number of nitrogens with zero attached hydrogens (tertiary/aromatic N) is 3. The summed E-state index contributed by atoms with van der Waals surface area (Å²) >= 11 is 1.34. The van der Waals surface area contributed by atoms with Gasteiger partial charge in [-0.1, -0.05) is 0 Å². The number of carbonyl (C=O) groups is 1. The Morgan fingerprint density at radius 3 is 2.75 bits per heavy atom. The zero-order valence-electron chi connectivity index (χ0n) is 13.4. The molecule has 0 spiro atoms. The molecule has 1 N–H and O–H groups in total. The maximum Gasteiger partial charge on any atom is 0.277 e. The molecule has 124 valence electrons. The van der Waals surface area contributed by atoms with E-state index in [1.165, 1.54) is 11.3 Å². The largest absolute Gasteiger partial charge is 0.497 e. The van der Waals surface area contributed by atoms with Gasteiger partial charge in [-0.3, -0.25) is 14.8 Å². The van der Waals surface area contributed by atoms with E-state index in [9.17, 15) is 4.79 Å². The standard InChI is InChI=1S/C16H16N4O3S/c1-20-7-6-12(19-20)15(21)18-16-17-13(9-24-16)11-5-4-10(22-2)8-14(11)23-3/h4-9H,1-3H3,(H,17,18,21). The van der Waals surface area contributed by atoms with Crippen molar-refractivity contribution in [1.29, 1.82) is 0 Å². The third kappa shape index (κ3) is 3.23. The molecular formula is C16H16N4O3S. The lowest BCUT2D eigenvalue weighted by Crippen LogP contribution is -2.12. The third-order valence-corrected chi connectivity index (χ3v) is 4.11.